The van der Waals surface area contributed by atoms with Gasteiger partial charge in [-0.15, -0.1) is 0 Å². The Bertz CT molecular complexity index is 285. The van der Waals surface area contributed by atoms with E-state index in [1.54, 1.807) is 14.0 Å². The summed E-state index contributed by atoms with van der Waals surface area (Å²) in [6, 6.07) is -0.605. The highest BCUT2D eigenvalue weighted by atomic mass is 32.2. The first-order valence-electron chi connectivity index (χ1n) is 5.80. The summed E-state index contributed by atoms with van der Waals surface area (Å²) in [4.78, 5) is 28.9. The molecule has 0 unspecified atom stereocenters. The number of thioether (sulfide) groups is 1. The Morgan fingerprint density at radius 3 is 2.76 bits per heavy atom. The second-order valence-electron chi connectivity index (χ2n) is 3.81. The van der Waals surface area contributed by atoms with Crippen molar-refractivity contribution in [1.82, 2.24) is 5.06 Å². The van der Waals surface area contributed by atoms with Crippen LogP contribution in [0, 0.1) is 5.92 Å². The van der Waals surface area contributed by atoms with Gasteiger partial charge in [0.2, 0.25) is 0 Å². The standard InChI is InChI=1S/C11H19NO4S/c1-4-6-17-11(14)8-7-16-12(3)9(8)10(13)15-5-2/h8-9H,4-7H2,1-3H3/t8-,9-/m0/s1. The maximum atomic E-state index is 11.9. The summed E-state index contributed by atoms with van der Waals surface area (Å²) in [5.41, 5.74) is 0. The lowest BCUT2D eigenvalue weighted by molar-refractivity contribution is -0.164. The van der Waals surface area contributed by atoms with Crippen LogP contribution in [0.15, 0.2) is 0 Å². The number of rotatable bonds is 5. The SMILES string of the molecule is CCCSC(=O)[C@H]1CON(C)[C@@H]1C(=O)OCC. The molecule has 0 spiro atoms. The number of likely N-dealkylation sites (N-methyl/N-ethyl adjacent to an activating group) is 1. The van der Waals surface area contributed by atoms with Gasteiger partial charge in [0.1, 0.15) is 6.04 Å². The Kier molecular flexibility index (Phi) is 5.94. The highest BCUT2D eigenvalue weighted by Gasteiger charge is 2.43. The van der Waals surface area contributed by atoms with Gasteiger partial charge in [0.15, 0.2) is 5.12 Å². The van der Waals surface area contributed by atoms with Gasteiger partial charge >= 0.3 is 5.97 Å². The fourth-order valence-corrected chi connectivity index (χ4v) is 2.49. The molecule has 1 fully saturated rings. The molecule has 1 heterocycles. The van der Waals surface area contributed by atoms with Gasteiger partial charge in [-0.2, -0.15) is 5.06 Å². The molecule has 0 aromatic rings. The van der Waals surface area contributed by atoms with Crippen LogP contribution in [0.4, 0.5) is 0 Å². The number of nitrogens with zero attached hydrogens (tertiary/aromatic N) is 1. The largest absolute Gasteiger partial charge is 0.465 e. The van der Waals surface area contributed by atoms with Gasteiger partial charge in [0, 0.05) is 12.8 Å². The van der Waals surface area contributed by atoms with Crippen molar-refractivity contribution < 1.29 is 19.2 Å². The summed E-state index contributed by atoms with van der Waals surface area (Å²) in [6.07, 6.45) is 0.934. The molecule has 0 radical (unpaired) electrons. The monoisotopic (exact) mass is 261 g/mol. The van der Waals surface area contributed by atoms with E-state index in [1.165, 1.54) is 16.8 Å². The normalized spacial score (nSPS) is 24.9. The lowest BCUT2D eigenvalue weighted by atomic mass is 10.0. The van der Waals surface area contributed by atoms with Crippen molar-refractivity contribution in [3.8, 4) is 0 Å². The summed E-state index contributed by atoms with van der Waals surface area (Å²) in [6.45, 7) is 4.33. The molecule has 0 bridgehead atoms. The summed E-state index contributed by atoms with van der Waals surface area (Å²) in [7, 11) is 1.65. The fraction of sp³-hybridized carbons (Fsp3) is 0.818. The molecule has 5 nitrogen and oxygen atoms in total. The number of hydrogen-bond donors (Lipinski definition) is 0. The van der Waals surface area contributed by atoms with E-state index in [0.29, 0.717) is 6.61 Å². The average Bonchev–Trinajstić information content (AvgIpc) is 2.68. The van der Waals surface area contributed by atoms with Gasteiger partial charge in [-0.25, -0.2) is 0 Å². The van der Waals surface area contributed by atoms with E-state index in [9.17, 15) is 9.59 Å². The van der Waals surface area contributed by atoms with Crippen LogP contribution in [-0.4, -0.2) is 48.2 Å². The van der Waals surface area contributed by atoms with E-state index < -0.39 is 12.0 Å². The summed E-state index contributed by atoms with van der Waals surface area (Å²) >= 11 is 1.26. The molecule has 1 aliphatic rings. The second-order valence-corrected chi connectivity index (χ2v) is 4.91. The highest BCUT2D eigenvalue weighted by molar-refractivity contribution is 8.13. The van der Waals surface area contributed by atoms with Gasteiger partial charge in [0.05, 0.1) is 19.1 Å². The molecule has 0 N–H and O–H groups in total. The molecular formula is C11H19NO4S. The number of hydroxylamine groups is 2. The molecule has 1 aliphatic heterocycles. The number of hydrogen-bond acceptors (Lipinski definition) is 6. The minimum Gasteiger partial charge on any atom is -0.465 e. The van der Waals surface area contributed by atoms with Crippen molar-refractivity contribution in [1.29, 1.82) is 0 Å². The third kappa shape index (κ3) is 3.69. The maximum Gasteiger partial charge on any atom is 0.326 e. The molecule has 0 aliphatic carbocycles. The van der Waals surface area contributed by atoms with Gasteiger partial charge in [-0.1, -0.05) is 18.7 Å². The quantitative estimate of drug-likeness (QED) is 0.690. The Morgan fingerprint density at radius 1 is 1.47 bits per heavy atom. The predicted molar refractivity (Wildman–Crippen MR) is 65.4 cm³/mol. The van der Waals surface area contributed by atoms with Crippen LogP contribution in [0.25, 0.3) is 0 Å². The summed E-state index contributed by atoms with van der Waals surface area (Å²) in [5.74, 6) is -0.0345. The van der Waals surface area contributed by atoms with Gasteiger partial charge in [0.25, 0.3) is 0 Å². The third-order valence-electron chi connectivity index (χ3n) is 2.51. The topological polar surface area (TPSA) is 55.8 Å². The van der Waals surface area contributed by atoms with E-state index in [4.69, 9.17) is 9.57 Å². The zero-order valence-corrected chi connectivity index (χ0v) is 11.3. The minimum absolute atomic E-state index is 0.00857. The van der Waals surface area contributed by atoms with Crippen LogP contribution in [0.3, 0.4) is 0 Å². The van der Waals surface area contributed by atoms with E-state index in [1.807, 2.05) is 6.92 Å². The lowest BCUT2D eigenvalue weighted by Crippen LogP contribution is -2.40. The molecule has 6 heteroatoms. The van der Waals surface area contributed by atoms with E-state index >= 15 is 0 Å². The molecule has 0 aromatic carbocycles. The Morgan fingerprint density at radius 2 is 2.18 bits per heavy atom. The van der Waals surface area contributed by atoms with Crippen molar-refractivity contribution in [2.24, 2.45) is 5.92 Å². The number of esters is 1. The van der Waals surface area contributed by atoms with E-state index in [2.05, 4.69) is 0 Å². The fourth-order valence-electron chi connectivity index (χ4n) is 1.67. The zero-order valence-electron chi connectivity index (χ0n) is 10.5. The van der Waals surface area contributed by atoms with Crippen LogP contribution in [0.5, 0.6) is 0 Å². The summed E-state index contributed by atoms with van der Waals surface area (Å²) < 4.78 is 4.96. The smallest absolute Gasteiger partial charge is 0.326 e. The maximum absolute atomic E-state index is 11.9. The first-order valence-corrected chi connectivity index (χ1v) is 6.79. The minimum atomic E-state index is -0.605. The van der Waals surface area contributed by atoms with Crippen LogP contribution in [0.2, 0.25) is 0 Å². The van der Waals surface area contributed by atoms with Crippen molar-refractivity contribution in [3.63, 3.8) is 0 Å². The Balaban J connectivity index is 2.63. The molecular weight excluding hydrogens is 242 g/mol. The predicted octanol–water partition coefficient (Wildman–Crippen LogP) is 1.08. The van der Waals surface area contributed by atoms with Crippen molar-refractivity contribution in [2.75, 3.05) is 26.0 Å². The summed E-state index contributed by atoms with van der Waals surface area (Å²) in [5, 5.41) is 1.43. The second kappa shape index (κ2) is 6.98. The molecule has 1 saturated heterocycles. The lowest BCUT2D eigenvalue weighted by Gasteiger charge is -2.19. The first kappa shape index (κ1) is 14.5. The number of carbonyl (C=O) groups is 2. The van der Waals surface area contributed by atoms with Gasteiger partial charge < -0.3 is 4.74 Å². The van der Waals surface area contributed by atoms with Gasteiger partial charge in [-0.05, 0) is 13.3 Å². The third-order valence-corrected chi connectivity index (χ3v) is 3.71. The van der Waals surface area contributed by atoms with Crippen LogP contribution in [0.1, 0.15) is 20.3 Å². The number of ether oxygens (including phenoxy) is 1. The highest BCUT2D eigenvalue weighted by Crippen LogP contribution is 2.26. The van der Waals surface area contributed by atoms with Crippen LogP contribution in [-0.2, 0) is 19.2 Å². The molecule has 0 amide bonds. The molecule has 1 rings (SSSR count). The van der Waals surface area contributed by atoms with E-state index in [-0.39, 0.29) is 17.7 Å². The van der Waals surface area contributed by atoms with Crippen molar-refractivity contribution in [2.45, 2.75) is 26.3 Å². The molecule has 0 aromatic heterocycles. The molecule has 17 heavy (non-hydrogen) atoms. The zero-order chi connectivity index (χ0) is 12.8. The van der Waals surface area contributed by atoms with E-state index in [0.717, 1.165) is 12.2 Å². The first-order chi connectivity index (χ1) is 8.11. The molecule has 98 valence electrons. The van der Waals surface area contributed by atoms with Gasteiger partial charge in [-0.3, -0.25) is 14.4 Å². The van der Waals surface area contributed by atoms with Crippen LogP contribution >= 0.6 is 11.8 Å². The molecule has 2 atom stereocenters. The molecule has 0 saturated carbocycles. The van der Waals surface area contributed by atoms with Crippen molar-refractivity contribution in [3.05, 3.63) is 0 Å². The van der Waals surface area contributed by atoms with Crippen molar-refractivity contribution >= 4 is 22.8 Å². The average molecular weight is 261 g/mol. The Hall–Kier alpha value is -0.590. The Labute approximate surface area is 106 Å². The van der Waals surface area contributed by atoms with Crippen LogP contribution < -0.4 is 0 Å². The number of carbonyl (C=O) groups excluding carboxylic acids is 2.